The Labute approximate surface area is 407 Å². The van der Waals surface area contributed by atoms with Crippen LogP contribution in [0.1, 0.15) is 93.3 Å². The van der Waals surface area contributed by atoms with Crippen molar-refractivity contribution in [3.05, 3.63) is 119 Å². The number of benzene rings is 4. The van der Waals surface area contributed by atoms with Crippen LogP contribution >= 0.6 is 0 Å². The number of aliphatic imine (C=N–C) groups is 1. The van der Waals surface area contributed by atoms with Crippen LogP contribution in [-0.4, -0.2) is 92.4 Å². The molecule has 5 aromatic rings. The Balaban J connectivity index is 1.22. The second-order valence-corrected chi connectivity index (χ2v) is 19.8. The van der Waals surface area contributed by atoms with Crippen LogP contribution in [0.15, 0.2) is 89.9 Å². The van der Waals surface area contributed by atoms with E-state index in [2.05, 4.69) is 44.0 Å². The highest BCUT2D eigenvalue weighted by atomic mass is 16.5. The first-order valence-corrected chi connectivity index (χ1v) is 23.5. The van der Waals surface area contributed by atoms with E-state index in [0.717, 1.165) is 46.6 Å². The summed E-state index contributed by atoms with van der Waals surface area (Å²) in [7, 11) is 4.93. The maximum Gasteiger partial charge on any atom is 0.260 e. The molecule has 7 rings (SSSR count). The second-order valence-electron chi connectivity index (χ2n) is 19.8. The summed E-state index contributed by atoms with van der Waals surface area (Å²) in [5.41, 5.74) is 7.17. The van der Waals surface area contributed by atoms with E-state index >= 15 is 0 Å². The zero-order chi connectivity index (χ0) is 49.7. The van der Waals surface area contributed by atoms with Gasteiger partial charge in [-0.3, -0.25) is 19.6 Å². The van der Waals surface area contributed by atoms with E-state index in [4.69, 9.17) is 33.7 Å². The van der Waals surface area contributed by atoms with E-state index in [-0.39, 0.29) is 31.8 Å². The number of ether oxygens (including phenoxy) is 5. The summed E-state index contributed by atoms with van der Waals surface area (Å²) in [6.07, 6.45) is 4.60. The van der Waals surface area contributed by atoms with Gasteiger partial charge in [0.15, 0.2) is 23.0 Å². The fourth-order valence-corrected chi connectivity index (χ4v) is 9.41. The smallest absolute Gasteiger partial charge is 0.260 e. The summed E-state index contributed by atoms with van der Waals surface area (Å²) in [4.78, 5) is 42.0. The number of fused-ring (bicyclic) bond motifs is 2. The number of pyridine rings is 1. The number of aromatic nitrogens is 1. The molecule has 1 atom stereocenters. The second kappa shape index (κ2) is 20.9. The zero-order valence-corrected chi connectivity index (χ0v) is 42.0. The number of anilines is 4. The molecule has 2 aliphatic heterocycles. The molecule has 1 aromatic heterocycles. The van der Waals surface area contributed by atoms with Crippen LogP contribution in [-0.2, 0) is 35.6 Å². The van der Waals surface area contributed by atoms with E-state index in [9.17, 15) is 14.7 Å². The van der Waals surface area contributed by atoms with E-state index in [0.29, 0.717) is 77.3 Å². The molecule has 14 nitrogen and oxygen atoms in total. The van der Waals surface area contributed by atoms with Gasteiger partial charge in [-0.1, -0.05) is 36.4 Å². The molecule has 69 heavy (non-hydrogen) atoms. The summed E-state index contributed by atoms with van der Waals surface area (Å²) in [6.45, 7) is 17.6. The summed E-state index contributed by atoms with van der Waals surface area (Å²) >= 11 is 0. The van der Waals surface area contributed by atoms with Crippen molar-refractivity contribution in [2.75, 3.05) is 61.0 Å². The number of nitrogens with one attached hydrogen (secondary N) is 1. The highest BCUT2D eigenvalue weighted by Crippen LogP contribution is 2.41. The largest absolute Gasteiger partial charge is 0.493 e. The Kier molecular flexibility index (Phi) is 15.2. The standard InChI is InChI=1S/C55H68N6O8/c1-36-24-48(65-10)50(29-44(36)57-31-42-25-38-17-13-15-19-47(38)60(42)35-63)67-32-39-26-41(61(54(5,6)21-23-62)55(7,8)34-69-53(2,3)4)27-40(58-39)33-68-51-30-45(56-9)43(28-49(51)66-11)52(64)59-22-20-37-16-12-14-18-46(37)59/h12-19,24,26-31,35,42,56,62H,20-23,25,32-34H2,1-11H3. The third-order valence-corrected chi connectivity index (χ3v) is 12.7. The molecule has 0 bridgehead atoms. The van der Waals surface area contributed by atoms with Crippen molar-refractivity contribution >= 4 is 47.0 Å². The van der Waals surface area contributed by atoms with Gasteiger partial charge in [0.05, 0.1) is 66.3 Å². The summed E-state index contributed by atoms with van der Waals surface area (Å²) in [5, 5.41) is 13.6. The predicted molar refractivity (Wildman–Crippen MR) is 274 cm³/mol. The van der Waals surface area contributed by atoms with Gasteiger partial charge < -0.3 is 48.8 Å². The number of aliphatic hydroxyl groups excluding tert-OH is 1. The van der Waals surface area contributed by atoms with Crippen LogP contribution in [0.2, 0.25) is 0 Å². The molecule has 1 unspecified atom stereocenters. The third-order valence-electron chi connectivity index (χ3n) is 12.7. The quantitative estimate of drug-likeness (QED) is 0.0568. The van der Waals surface area contributed by atoms with Gasteiger partial charge in [0, 0.05) is 67.6 Å². The Morgan fingerprint density at radius 1 is 0.841 bits per heavy atom. The Morgan fingerprint density at radius 3 is 2.09 bits per heavy atom. The average molecular weight is 941 g/mol. The molecule has 0 aliphatic carbocycles. The molecule has 14 heteroatoms. The van der Waals surface area contributed by atoms with Gasteiger partial charge in [0.1, 0.15) is 13.2 Å². The van der Waals surface area contributed by atoms with Crippen molar-refractivity contribution in [1.82, 2.24) is 4.98 Å². The molecule has 4 aromatic carbocycles. The van der Waals surface area contributed by atoms with E-state index in [1.165, 1.54) is 0 Å². The molecule has 3 heterocycles. The number of para-hydroxylation sites is 2. The van der Waals surface area contributed by atoms with E-state index in [1.807, 2.05) is 101 Å². The highest BCUT2D eigenvalue weighted by molar-refractivity contribution is 6.11. The molecule has 366 valence electrons. The first-order chi connectivity index (χ1) is 32.9. The van der Waals surface area contributed by atoms with Crippen molar-refractivity contribution in [2.24, 2.45) is 4.99 Å². The third kappa shape index (κ3) is 11.3. The van der Waals surface area contributed by atoms with Gasteiger partial charge >= 0.3 is 0 Å². The maximum absolute atomic E-state index is 14.1. The normalized spacial score (nSPS) is 14.7. The molecule has 2 aliphatic rings. The number of methoxy groups -OCH3 is 2. The van der Waals surface area contributed by atoms with Gasteiger partial charge in [-0.15, -0.1) is 0 Å². The first kappa shape index (κ1) is 50.2. The molecular weight excluding hydrogens is 873 g/mol. The van der Waals surface area contributed by atoms with Crippen LogP contribution in [0.5, 0.6) is 23.0 Å². The summed E-state index contributed by atoms with van der Waals surface area (Å²) < 4.78 is 31.3. The summed E-state index contributed by atoms with van der Waals surface area (Å²) in [5.74, 6) is 1.69. The van der Waals surface area contributed by atoms with Gasteiger partial charge in [-0.2, -0.15) is 0 Å². The Morgan fingerprint density at radius 2 is 1.46 bits per heavy atom. The molecule has 2 N–H and O–H groups in total. The molecular formula is C55H68N6O8. The van der Waals surface area contributed by atoms with Gasteiger partial charge in [-0.05, 0) is 121 Å². The van der Waals surface area contributed by atoms with Gasteiger partial charge in [0.2, 0.25) is 6.41 Å². The van der Waals surface area contributed by atoms with Gasteiger partial charge in [0.25, 0.3) is 5.91 Å². The van der Waals surface area contributed by atoms with Crippen LogP contribution in [0, 0.1) is 6.92 Å². The van der Waals surface area contributed by atoms with Crippen LogP contribution < -0.4 is 39.0 Å². The fraction of sp³-hybridized carbons (Fsp3) is 0.418. The van der Waals surface area contributed by atoms with Crippen molar-refractivity contribution in [1.29, 1.82) is 0 Å². The number of rotatable bonds is 20. The Hall–Kier alpha value is -6.64. The first-order valence-electron chi connectivity index (χ1n) is 23.5. The van der Waals surface area contributed by atoms with Crippen LogP contribution in [0.25, 0.3) is 0 Å². The minimum absolute atomic E-state index is 0.0218. The Bertz CT molecular complexity index is 2680. The minimum atomic E-state index is -0.570. The van der Waals surface area contributed by atoms with Crippen molar-refractivity contribution in [3.63, 3.8) is 0 Å². The predicted octanol–water partition coefficient (Wildman–Crippen LogP) is 9.66. The van der Waals surface area contributed by atoms with Crippen LogP contribution in [0.4, 0.5) is 28.4 Å². The van der Waals surface area contributed by atoms with Crippen molar-refractivity contribution in [2.45, 2.75) is 111 Å². The lowest BCUT2D eigenvalue weighted by Crippen LogP contribution is -2.59. The van der Waals surface area contributed by atoms with Crippen molar-refractivity contribution in [3.8, 4) is 23.0 Å². The number of aryl methyl sites for hydroxylation is 1. The lowest BCUT2D eigenvalue weighted by molar-refractivity contribution is -0.107. The number of nitrogens with zero attached hydrogens (tertiary/aromatic N) is 5. The topological polar surface area (TPSA) is 148 Å². The number of hydrogen-bond acceptors (Lipinski definition) is 12. The summed E-state index contributed by atoms with van der Waals surface area (Å²) in [6, 6.07) is 26.9. The van der Waals surface area contributed by atoms with Crippen LogP contribution in [0.3, 0.4) is 0 Å². The SMILES string of the molecule is CNc1cc(OCc2cc(N(C(C)(C)CCO)C(C)(C)COC(C)(C)C)cc(COc3cc(N=CC4Cc5ccccc5N4C=O)c(C)cc3OC)n2)c(OC)cc1C(=O)N1CCc2ccccc21. The lowest BCUT2D eigenvalue weighted by Gasteiger charge is -2.51. The highest BCUT2D eigenvalue weighted by Gasteiger charge is 2.39. The van der Waals surface area contributed by atoms with Gasteiger partial charge in [-0.25, -0.2) is 0 Å². The minimum Gasteiger partial charge on any atom is -0.493 e. The maximum atomic E-state index is 14.1. The number of carbonyl (C=O) groups excluding carboxylic acids is 2. The fourth-order valence-electron chi connectivity index (χ4n) is 9.41. The van der Waals surface area contributed by atoms with Crippen molar-refractivity contribution < 1.29 is 38.4 Å². The molecule has 0 saturated carbocycles. The number of aliphatic hydroxyl groups is 1. The molecule has 0 spiro atoms. The van der Waals surface area contributed by atoms with E-state index < -0.39 is 16.7 Å². The number of carbonyl (C=O) groups is 2. The number of amides is 2. The average Bonchev–Trinajstić information content (AvgIpc) is 3.92. The molecule has 0 saturated heterocycles. The lowest BCUT2D eigenvalue weighted by atomic mass is 9.89. The number of hydrogen-bond donors (Lipinski definition) is 2. The molecule has 0 radical (unpaired) electrons. The molecule has 0 fully saturated rings. The van der Waals surface area contributed by atoms with E-state index in [1.54, 1.807) is 43.2 Å². The zero-order valence-electron chi connectivity index (χ0n) is 42.0. The molecule has 2 amide bonds. The monoisotopic (exact) mass is 941 g/mol.